The predicted molar refractivity (Wildman–Crippen MR) is 77.3 cm³/mol. The van der Waals surface area contributed by atoms with Gasteiger partial charge in [-0.15, -0.1) is 0 Å². The predicted octanol–water partition coefficient (Wildman–Crippen LogP) is 1.94. The molecule has 0 spiro atoms. The maximum atomic E-state index is 13.1. The fourth-order valence-electron chi connectivity index (χ4n) is 1.79. The smallest absolute Gasteiger partial charge is 0.274 e. The maximum absolute atomic E-state index is 13.1. The van der Waals surface area contributed by atoms with Crippen LogP contribution in [0, 0.1) is 5.95 Å². The molecule has 0 aliphatic heterocycles. The first kappa shape index (κ1) is 14.7. The first-order chi connectivity index (χ1) is 10.0. The Morgan fingerprint density at radius 2 is 2.10 bits per heavy atom. The van der Waals surface area contributed by atoms with Crippen molar-refractivity contribution in [3.05, 3.63) is 42.1 Å². The second kappa shape index (κ2) is 6.17. The normalized spacial score (nSPS) is 10.1. The van der Waals surface area contributed by atoms with Crippen molar-refractivity contribution in [2.45, 2.75) is 0 Å². The lowest BCUT2D eigenvalue weighted by Gasteiger charge is -2.19. The largest absolute Gasteiger partial charge is 0.479 e. The third-order valence-electron chi connectivity index (χ3n) is 2.76. The van der Waals surface area contributed by atoms with E-state index >= 15 is 0 Å². The van der Waals surface area contributed by atoms with Crippen LogP contribution in [0.4, 0.5) is 15.8 Å². The molecule has 2 heterocycles. The van der Waals surface area contributed by atoms with Gasteiger partial charge in [-0.05, 0) is 18.2 Å². The molecule has 0 saturated carbocycles. The van der Waals surface area contributed by atoms with Crippen molar-refractivity contribution in [3.63, 3.8) is 0 Å². The topological polar surface area (TPSA) is 67.3 Å². The van der Waals surface area contributed by atoms with Crippen molar-refractivity contribution < 1.29 is 13.9 Å². The van der Waals surface area contributed by atoms with Gasteiger partial charge >= 0.3 is 0 Å². The third-order valence-corrected chi connectivity index (χ3v) is 2.76. The number of methoxy groups -OCH3 is 1. The zero-order chi connectivity index (χ0) is 15.4. The minimum Gasteiger partial charge on any atom is -0.479 e. The molecule has 0 bridgehead atoms. The van der Waals surface area contributed by atoms with Gasteiger partial charge in [0.25, 0.3) is 5.91 Å². The second-order valence-electron chi connectivity index (χ2n) is 4.41. The number of halogens is 1. The van der Waals surface area contributed by atoms with Crippen LogP contribution in [0.25, 0.3) is 0 Å². The van der Waals surface area contributed by atoms with Crippen LogP contribution in [0.5, 0.6) is 5.88 Å². The van der Waals surface area contributed by atoms with E-state index in [1.807, 2.05) is 14.1 Å². The van der Waals surface area contributed by atoms with Crippen LogP contribution in [0.15, 0.2) is 30.5 Å². The van der Waals surface area contributed by atoms with Crippen molar-refractivity contribution in [2.75, 3.05) is 31.4 Å². The standard InChI is InChI=1S/C14H15FN4O2/c1-19(2)10-7-8-16-14(21-3)12(10)18-13(20)9-5-4-6-11(15)17-9/h4-8H,1-3H3,(H,18,20). The Morgan fingerprint density at radius 3 is 2.71 bits per heavy atom. The van der Waals surface area contributed by atoms with E-state index in [2.05, 4.69) is 15.3 Å². The van der Waals surface area contributed by atoms with E-state index in [1.54, 1.807) is 17.2 Å². The second-order valence-corrected chi connectivity index (χ2v) is 4.41. The summed E-state index contributed by atoms with van der Waals surface area (Å²) < 4.78 is 18.2. The molecule has 110 valence electrons. The lowest BCUT2D eigenvalue weighted by Crippen LogP contribution is -2.19. The van der Waals surface area contributed by atoms with Gasteiger partial charge in [-0.3, -0.25) is 4.79 Å². The molecule has 1 amide bonds. The summed E-state index contributed by atoms with van der Waals surface area (Å²) in [6.45, 7) is 0. The average molecular weight is 290 g/mol. The number of nitrogens with one attached hydrogen (secondary N) is 1. The molecule has 6 nitrogen and oxygen atoms in total. The number of nitrogens with zero attached hydrogens (tertiary/aromatic N) is 3. The number of aromatic nitrogens is 2. The summed E-state index contributed by atoms with van der Waals surface area (Å²) in [5.74, 6) is -0.983. The van der Waals surface area contributed by atoms with Gasteiger partial charge in [-0.25, -0.2) is 9.97 Å². The molecule has 0 aromatic carbocycles. The molecule has 0 radical (unpaired) electrons. The Kier molecular flexibility index (Phi) is 4.32. The highest BCUT2D eigenvalue weighted by Gasteiger charge is 2.17. The minimum atomic E-state index is -0.714. The monoisotopic (exact) mass is 290 g/mol. The van der Waals surface area contributed by atoms with Crippen LogP contribution in [0.2, 0.25) is 0 Å². The number of rotatable bonds is 4. The molecule has 7 heteroatoms. The molecular weight excluding hydrogens is 275 g/mol. The minimum absolute atomic E-state index is 0.0226. The van der Waals surface area contributed by atoms with Gasteiger partial charge in [-0.1, -0.05) is 6.07 Å². The van der Waals surface area contributed by atoms with E-state index in [-0.39, 0.29) is 11.6 Å². The Hall–Kier alpha value is -2.70. The van der Waals surface area contributed by atoms with Gasteiger partial charge in [0, 0.05) is 20.3 Å². The van der Waals surface area contributed by atoms with Crippen LogP contribution >= 0.6 is 0 Å². The molecule has 0 saturated heterocycles. The Bertz CT molecular complexity index is 661. The van der Waals surface area contributed by atoms with E-state index in [9.17, 15) is 9.18 Å². The molecule has 0 aliphatic rings. The Labute approximate surface area is 121 Å². The quantitative estimate of drug-likeness (QED) is 0.872. The fourth-order valence-corrected chi connectivity index (χ4v) is 1.79. The number of amides is 1. The first-order valence-electron chi connectivity index (χ1n) is 6.17. The summed E-state index contributed by atoms with van der Waals surface area (Å²) in [5, 5.41) is 2.66. The third kappa shape index (κ3) is 3.25. The van der Waals surface area contributed by atoms with E-state index < -0.39 is 11.9 Å². The lowest BCUT2D eigenvalue weighted by atomic mass is 10.2. The van der Waals surface area contributed by atoms with E-state index in [0.717, 1.165) is 0 Å². The van der Waals surface area contributed by atoms with Gasteiger partial charge in [0.1, 0.15) is 11.4 Å². The van der Waals surface area contributed by atoms with Crippen molar-refractivity contribution in [1.29, 1.82) is 0 Å². The molecule has 2 aromatic rings. The molecule has 0 atom stereocenters. The molecular formula is C14H15FN4O2. The Balaban J connectivity index is 2.36. The van der Waals surface area contributed by atoms with Crippen molar-refractivity contribution in [3.8, 4) is 5.88 Å². The molecule has 2 aromatic heterocycles. The van der Waals surface area contributed by atoms with E-state index in [1.165, 1.54) is 25.3 Å². The lowest BCUT2D eigenvalue weighted by molar-refractivity contribution is 0.102. The summed E-state index contributed by atoms with van der Waals surface area (Å²) >= 11 is 0. The number of pyridine rings is 2. The van der Waals surface area contributed by atoms with Gasteiger partial charge in [-0.2, -0.15) is 4.39 Å². The number of carbonyl (C=O) groups is 1. The molecule has 21 heavy (non-hydrogen) atoms. The summed E-state index contributed by atoms with van der Waals surface area (Å²) in [6.07, 6.45) is 1.57. The summed E-state index contributed by atoms with van der Waals surface area (Å²) in [5.41, 5.74) is 1.10. The van der Waals surface area contributed by atoms with Gasteiger partial charge in [0.15, 0.2) is 0 Å². The number of hydrogen-bond acceptors (Lipinski definition) is 5. The molecule has 0 aliphatic carbocycles. The van der Waals surface area contributed by atoms with Crippen LogP contribution in [-0.4, -0.2) is 37.1 Å². The van der Waals surface area contributed by atoms with Crippen molar-refractivity contribution >= 4 is 17.3 Å². The SMILES string of the molecule is COc1nccc(N(C)C)c1NC(=O)c1cccc(F)n1. The Morgan fingerprint density at radius 1 is 1.33 bits per heavy atom. The highest BCUT2D eigenvalue weighted by atomic mass is 19.1. The molecule has 0 unspecified atom stereocenters. The van der Waals surface area contributed by atoms with E-state index in [4.69, 9.17) is 4.74 Å². The number of carbonyl (C=O) groups excluding carboxylic acids is 1. The van der Waals surface area contributed by atoms with Crippen LogP contribution in [0.3, 0.4) is 0 Å². The van der Waals surface area contributed by atoms with Crippen molar-refractivity contribution in [2.24, 2.45) is 0 Å². The summed E-state index contributed by atoms with van der Waals surface area (Å²) in [4.78, 5) is 21.6. The van der Waals surface area contributed by atoms with Crippen LogP contribution in [-0.2, 0) is 0 Å². The maximum Gasteiger partial charge on any atom is 0.274 e. The number of ether oxygens (including phenoxy) is 1. The zero-order valence-electron chi connectivity index (χ0n) is 11.9. The highest BCUT2D eigenvalue weighted by molar-refractivity contribution is 6.05. The number of anilines is 2. The van der Waals surface area contributed by atoms with Gasteiger partial charge in [0.05, 0.1) is 12.8 Å². The molecule has 2 rings (SSSR count). The zero-order valence-corrected chi connectivity index (χ0v) is 11.9. The van der Waals surface area contributed by atoms with Gasteiger partial charge < -0.3 is 15.0 Å². The van der Waals surface area contributed by atoms with E-state index in [0.29, 0.717) is 11.4 Å². The van der Waals surface area contributed by atoms with Crippen LogP contribution < -0.4 is 15.0 Å². The highest BCUT2D eigenvalue weighted by Crippen LogP contribution is 2.32. The molecule has 0 fully saturated rings. The summed E-state index contributed by atoms with van der Waals surface area (Å²) in [6, 6.07) is 5.75. The van der Waals surface area contributed by atoms with Crippen molar-refractivity contribution in [1.82, 2.24) is 9.97 Å². The number of hydrogen-bond donors (Lipinski definition) is 1. The van der Waals surface area contributed by atoms with Crippen LogP contribution in [0.1, 0.15) is 10.5 Å². The average Bonchev–Trinajstić information content (AvgIpc) is 2.47. The van der Waals surface area contributed by atoms with Gasteiger partial charge in [0.2, 0.25) is 11.8 Å². The summed E-state index contributed by atoms with van der Waals surface area (Å²) in [7, 11) is 5.10. The fraction of sp³-hybridized carbons (Fsp3) is 0.214. The molecule has 1 N–H and O–H groups in total. The first-order valence-corrected chi connectivity index (χ1v) is 6.17.